The summed E-state index contributed by atoms with van der Waals surface area (Å²) in [4.78, 5) is 16.7. The Morgan fingerprint density at radius 2 is 2.14 bits per heavy atom. The number of aromatic nitrogens is 2. The van der Waals surface area contributed by atoms with Crippen molar-refractivity contribution in [2.45, 2.75) is 58.4 Å². The minimum Gasteiger partial charge on any atom is -0.328 e. The number of fused-ring (bicyclic) bond motifs is 1. The molecule has 0 spiro atoms. The SMILES string of the molecule is CCCn1c(CC2CCCCC(=O)C2)nc2ccccc21. The van der Waals surface area contributed by atoms with Crippen LogP contribution in [0.2, 0.25) is 0 Å². The number of benzene rings is 1. The molecular weight excluding hydrogens is 260 g/mol. The van der Waals surface area contributed by atoms with Crippen molar-refractivity contribution in [3.05, 3.63) is 30.1 Å². The van der Waals surface area contributed by atoms with Crippen molar-refractivity contribution in [3.63, 3.8) is 0 Å². The largest absolute Gasteiger partial charge is 0.328 e. The van der Waals surface area contributed by atoms with Crippen LogP contribution in [0.4, 0.5) is 0 Å². The first-order chi connectivity index (χ1) is 10.3. The number of hydrogen-bond donors (Lipinski definition) is 0. The van der Waals surface area contributed by atoms with Gasteiger partial charge in [0.15, 0.2) is 0 Å². The maximum absolute atomic E-state index is 11.8. The van der Waals surface area contributed by atoms with Crippen LogP contribution in [0.1, 0.15) is 51.3 Å². The number of Topliss-reactive ketones (excluding diaryl/α,β-unsaturated/α-hetero) is 1. The summed E-state index contributed by atoms with van der Waals surface area (Å²) in [5.74, 6) is 2.08. The maximum atomic E-state index is 11.8. The summed E-state index contributed by atoms with van der Waals surface area (Å²) in [5.41, 5.74) is 2.31. The molecule has 0 saturated heterocycles. The molecule has 21 heavy (non-hydrogen) atoms. The molecule has 0 radical (unpaired) electrons. The maximum Gasteiger partial charge on any atom is 0.133 e. The predicted molar refractivity (Wildman–Crippen MR) is 85.3 cm³/mol. The van der Waals surface area contributed by atoms with E-state index in [1.54, 1.807) is 0 Å². The molecule has 1 aromatic carbocycles. The zero-order chi connectivity index (χ0) is 14.7. The third-order valence-corrected chi connectivity index (χ3v) is 4.49. The van der Waals surface area contributed by atoms with Gasteiger partial charge < -0.3 is 4.57 Å². The highest BCUT2D eigenvalue weighted by molar-refractivity contribution is 5.79. The summed E-state index contributed by atoms with van der Waals surface area (Å²) < 4.78 is 2.35. The van der Waals surface area contributed by atoms with Crippen LogP contribution in [0.25, 0.3) is 11.0 Å². The molecule has 0 aliphatic heterocycles. The fraction of sp³-hybridized carbons (Fsp3) is 0.556. The Morgan fingerprint density at radius 3 is 3.00 bits per heavy atom. The van der Waals surface area contributed by atoms with Crippen LogP contribution in [0.5, 0.6) is 0 Å². The van der Waals surface area contributed by atoms with Crippen LogP contribution in [-0.4, -0.2) is 15.3 Å². The standard InChI is InChI=1S/C18H24N2O/c1-2-11-20-17-10-6-5-9-16(17)19-18(20)13-14-7-3-4-8-15(21)12-14/h5-6,9-10,14H,2-4,7-8,11-13H2,1H3. The molecule has 0 bridgehead atoms. The van der Waals surface area contributed by atoms with E-state index in [0.717, 1.165) is 50.0 Å². The average Bonchev–Trinajstić information content (AvgIpc) is 2.67. The van der Waals surface area contributed by atoms with E-state index in [9.17, 15) is 4.79 Å². The highest BCUT2D eigenvalue weighted by Gasteiger charge is 2.21. The molecule has 1 heterocycles. The lowest BCUT2D eigenvalue weighted by atomic mass is 9.96. The van der Waals surface area contributed by atoms with Crippen LogP contribution in [-0.2, 0) is 17.8 Å². The molecule has 2 aromatic rings. The molecular formula is C18H24N2O. The van der Waals surface area contributed by atoms with Crippen molar-refractivity contribution in [2.24, 2.45) is 5.92 Å². The van der Waals surface area contributed by atoms with E-state index in [0.29, 0.717) is 11.7 Å². The van der Waals surface area contributed by atoms with Gasteiger partial charge in [0.2, 0.25) is 0 Å². The van der Waals surface area contributed by atoms with E-state index < -0.39 is 0 Å². The van der Waals surface area contributed by atoms with Crippen LogP contribution < -0.4 is 0 Å². The van der Waals surface area contributed by atoms with Gasteiger partial charge in [-0.3, -0.25) is 4.79 Å². The van der Waals surface area contributed by atoms with E-state index in [1.165, 1.54) is 18.4 Å². The van der Waals surface area contributed by atoms with Crippen LogP contribution in [0, 0.1) is 5.92 Å². The number of rotatable bonds is 4. The topological polar surface area (TPSA) is 34.9 Å². The predicted octanol–water partition coefficient (Wildman–Crippen LogP) is 4.14. The Morgan fingerprint density at radius 1 is 1.29 bits per heavy atom. The molecule has 1 aliphatic carbocycles. The van der Waals surface area contributed by atoms with Crippen molar-refractivity contribution in [1.29, 1.82) is 0 Å². The van der Waals surface area contributed by atoms with Gasteiger partial charge in [-0.25, -0.2) is 4.98 Å². The normalized spacial score (nSPS) is 19.9. The van der Waals surface area contributed by atoms with E-state index in [4.69, 9.17) is 4.98 Å². The van der Waals surface area contributed by atoms with Crippen molar-refractivity contribution in [2.75, 3.05) is 0 Å². The molecule has 1 fully saturated rings. The highest BCUT2D eigenvalue weighted by Crippen LogP contribution is 2.26. The second kappa shape index (κ2) is 6.42. The Kier molecular flexibility index (Phi) is 4.37. The molecule has 1 atom stereocenters. The van der Waals surface area contributed by atoms with E-state index in [2.05, 4.69) is 29.7 Å². The average molecular weight is 284 g/mol. The van der Waals surface area contributed by atoms with Gasteiger partial charge in [-0.15, -0.1) is 0 Å². The lowest BCUT2D eigenvalue weighted by Crippen LogP contribution is -2.13. The highest BCUT2D eigenvalue weighted by atomic mass is 16.1. The number of carbonyl (C=O) groups excluding carboxylic acids is 1. The fourth-order valence-corrected chi connectivity index (χ4v) is 3.47. The van der Waals surface area contributed by atoms with Gasteiger partial charge in [0.05, 0.1) is 11.0 Å². The number of para-hydroxylation sites is 2. The molecule has 3 rings (SSSR count). The molecule has 1 aromatic heterocycles. The van der Waals surface area contributed by atoms with Crippen LogP contribution in [0.3, 0.4) is 0 Å². The monoisotopic (exact) mass is 284 g/mol. The van der Waals surface area contributed by atoms with Gasteiger partial charge in [-0.1, -0.05) is 25.5 Å². The van der Waals surface area contributed by atoms with Crippen LogP contribution in [0.15, 0.2) is 24.3 Å². The van der Waals surface area contributed by atoms with Crippen molar-refractivity contribution < 1.29 is 4.79 Å². The Hall–Kier alpha value is -1.64. The zero-order valence-electron chi connectivity index (χ0n) is 12.8. The first kappa shape index (κ1) is 14.3. The zero-order valence-corrected chi connectivity index (χ0v) is 12.8. The molecule has 1 saturated carbocycles. The summed E-state index contributed by atoms with van der Waals surface area (Å²) in [6.07, 6.45) is 7.00. The lowest BCUT2D eigenvalue weighted by Gasteiger charge is -2.14. The molecule has 1 aliphatic rings. The minimum absolute atomic E-state index is 0.440. The van der Waals surface area contributed by atoms with Gasteiger partial charge in [0, 0.05) is 25.8 Å². The third kappa shape index (κ3) is 3.17. The second-order valence-electron chi connectivity index (χ2n) is 6.23. The second-order valence-corrected chi connectivity index (χ2v) is 6.23. The summed E-state index contributed by atoms with van der Waals surface area (Å²) in [6, 6.07) is 8.36. The van der Waals surface area contributed by atoms with Gasteiger partial charge in [-0.05, 0) is 37.3 Å². The van der Waals surface area contributed by atoms with E-state index in [1.807, 2.05) is 6.07 Å². The quantitative estimate of drug-likeness (QED) is 0.791. The first-order valence-corrected chi connectivity index (χ1v) is 8.23. The number of imidazole rings is 1. The Balaban J connectivity index is 1.88. The Bertz CT molecular complexity index is 629. The fourth-order valence-electron chi connectivity index (χ4n) is 3.47. The summed E-state index contributed by atoms with van der Waals surface area (Å²) in [7, 11) is 0. The number of ketones is 1. The van der Waals surface area contributed by atoms with Crippen molar-refractivity contribution in [3.8, 4) is 0 Å². The number of hydrogen-bond acceptors (Lipinski definition) is 2. The lowest BCUT2D eigenvalue weighted by molar-refractivity contribution is -0.119. The van der Waals surface area contributed by atoms with Gasteiger partial charge in [0.1, 0.15) is 11.6 Å². The third-order valence-electron chi connectivity index (χ3n) is 4.49. The van der Waals surface area contributed by atoms with Crippen molar-refractivity contribution >= 4 is 16.8 Å². The number of nitrogens with zero attached hydrogens (tertiary/aromatic N) is 2. The summed E-state index contributed by atoms with van der Waals surface area (Å²) >= 11 is 0. The molecule has 0 amide bonds. The van der Waals surface area contributed by atoms with E-state index in [-0.39, 0.29) is 0 Å². The van der Waals surface area contributed by atoms with Gasteiger partial charge in [0.25, 0.3) is 0 Å². The van der Waals surface area contributed by atoms with Crippen molar-refractivity contribution in [1.82, 2.24) is 9.55 Å². The minimum atomic E-state index is 0.440. The van der Waals surface area contributed by atoms with E-state index >= 15 is 0 Å². The van der Waals surface area contributed by atoms with Gasteiger partial charge in [-0.2, -0.15) is 0 Å². The number of aryl methyl sites for hydroxylation is 1. The molecule has 1 unspecified atom stereocenters. The summed E-state index contributed by atoms with van der Waals surface area (Å²) in [6.45, 7) is 3.21. The van der Waals surface area contributed by atoms with Gasteiger partial charge >= 0.3 is 0 Å². The van der Waals surface area contributed by atoms with Crippen LogP contribution >= 0.6 is 0 Å². The molecule has 112 valence electrons. The Labute approximate surface area is 126 Å². The molecule has 3 heteroatoms. The molecule has 3 nitrogen and oxygen atoms in total. The number of carbonyl (C=O) groups is 1. The smallest absolute Gasteiger partial charge is 0.133 e. The first-order valence-electron chi connectivity index (χ1n) is 8.23. The summed E-state index contributed by atoms with van der Waals surface area (Å²) in [5, 5.41) is 0. The molecule has 0 N–H and O–H groups in total.